The maximum absolute atomic E-state index is 5.79. The summed E-state index contributed by atoms with van der Waals surface area (Å²) in [6.45, 7) is 3.66. The molecule has 17 heavy (non-hydrogen) atoms. The first-order valence-electron chi connectivity index (χ1n) is 5.80. The smallest absolute Gasteiger partial charge is 0.106 e. The van der Waals surface area contributed by atoms with Crippen LogP contribution >= 0.6 is 12.2 Å². The summed E-state index contributed by atoms with van der Waals surface area (Å²) in [5.41, 5.74) is 9.02. The molecule has 1 saturated heterocycles. The van der Waals surface area contributed by atoms with Crippen molar-refractivity contribution in [3.8, 4) is 0 Å². The van der Waals surface area contributed by atoms with E-state index < -0.39 is 0 Å². The molecular weight excluding hydrogens is 232 g/mol. The van der Waals surface area contributed by atoms with Crippen molar-refractivity contribution in [3.63, 3.8) is 0 Å². The normalized spacial score (nSPS) is 19.3. The largest absolute Gasteiger partial charge is 0.389 e. The quantitative estimate of drug-likeness (QED) is 0.831. The maximum Gasteiger partial charge on any atom is 0.106 e. The summed E-state index contributed by atoms with van der Waals surface area (Å²) in [5, 5.41) is 0. The molecule has 0 radical (unpaired) electrons. The lowest BCUT2D eigenvalue weighted by atomic mass is 10.1. The first-order chi connectivity index (χ1) is 8.09. The topological polar surface area (TPSA) is 38.5 Å². The Balaban J connectivity index is 2.33. The van der Waals surface area contributed by atoms with E-state index in [1.54, 1.807) is 0 Å². The van der Waals surface area contributed by atoms with Gasteiger partial charge in [-0.3, -0.25) is 0 Å². The van der Waals surface area contributed by atoms with Crippen molar-refractivity contribution < 1.29 is 4.74 Å². The molecule has 0 saturated carbocycles. The molecule has 3 nitrogen and oxygen atoms in total. The fraction of sp³-hybridized carbons (Fsp3) is 0.462. The lowest BCUT2D eigenvalue weighted by Gasteiger charge is -2.27. The highest BCUT2D eigenvalue weighted by Gasteiger charge is 2.22. The van der Waals surface area contributed by atoms with Crippen molar-refractivity contribution in [1.29, 1.82) is 0 Å². The molecular formula is C13H18N2OS. The highest BCUT2D eigenvalue weighted by Crippen LogP contribution is 2.25. The number of benzene rings is 1. The Morgan fingerprint density at radius 3 is 2.88 bits per heavy atom. The molecule has 2 N–H and O–H groups in total. The highest BCUT2D eigenvalue weighted by molar-refractivity contribution is 7.80. The van der Waals surface area contributed by atoms with Crippen molar-refractivity contribution in [2.24, 2.45) is 5.73 Å². The third kappa shape index (κ3) is 2.58. The average molecular weight is 250 g/mol. The molecule has 1 aliphatic rings. The van der Waals surface area contributed by atoms with E-state index in [0.717, 1.165) is 30.9 Å². The van der Waals surface area contributed by atoms with Crippen molar-refractivity contribution in [2.45, 2.75) is 19.4 Å². The molecule has 1 aromatic carbocycles. The number of rotatable bonds is 3. The third-order valence-corrected chi connectivity index (χ3v) is 3.47. The van der Waals surface area contributed by atoms with Gasteiger partial charge in [0.1, 0.15) is 4.99 Å². The van der Waals surface area contributed by atoms with Crippen LogP contribution in [0.1, 0.15) is 17.5 Å². The average Bonchev–Trinajstić information content (AvgIpc) is 2.81. The van der Waals surface area contributed by atoms with Crippen LogP contribution in [0.5, 0.6) is 0 Å². The van der Waals surface area contributed by atoms with Gasteiger partial charge in [-0.05, 0) is 25.5 Å². The Hall–Kier alpha value is -1.13. The van der Waals surface area contributed by atoms with Crippen LogP contribution in [0.4, 0.5) is 5.69 Å². The first kappa shape index (κ1) is 12.3. The Kier molecular flexibility index (Phi) is 3.64. The molecule has 0 bridgehead atoms. The van der Waals surface area contributed by atoms with E-state index in [1.807, 2.05) is 13.0 Å². The number of hydrogen-bond donors (Lipinski definition) is 1. The van der Waals surface area contributed by atoms with Crippen molar-refractivity contribution >= 4 is 22.9 Å². The molecule has 0 spiro atoms. The SMILES string of the molecule is Cc1ccc(N(C)C2CCOC2)c(C(N)=S)c1. The Morgan fingerprint density at radius 1 is 1.53 bits per heavy atom. The van der Waals surface area contributed by atoms with Gasteiger partial charge in [0, 0.05) is 24.9 Å². The summed E-state index contributed by atoms with van der Waals surface area (Å²) in [5.74, 6) is 0. The minimum atomic E-state index is 0.422. The molecule has 1 heterocycles. The molecule has 1 aliphatic heterocycles. The second kappa shape index (κ2) is 5.02. The minimum absolute atomic E-state index is 0.422. The third-order valence-electron chi connectivity index (χ3n) is 3.25. The predicted octanol–water partition coefficient (Wildman–Crippen LogP) is 1.85. The van der Waals surface area contributed by atoms with Gasteiger partial charge in [0.15, 0.2) is 0 Å². The molecule has 1 fully saturated rings. The zero-order chi connectivity index (χ0) is 12.4. The molecule has 92 valence electrons. The van der Waals surface area contributed by atoms with Crippen molar-refractivity contribution in [1.82, 2.24) is 0 Å². The second-order valence-corrected chi connectivity index (χ2v) is 4.95. The van der Waals surface area contributed by atoms with E-state index >= 15 is 0 Å². The number of nitrogens with two attached hydrogens (primary N) is 1. The Morgan fingerprint density at radius 2 is 2.29 bits per heavy atom. The van der Waals surface area contributed by atoms with Gasteiger partial charge in [-0.1, -0.05) is 23.8 Å². The molecule has 0 amide bonds. The summed E-state index contributed by atoms with van der Waals surface area (Å²) < 4.78 is 5.42. The van der Waals surface area contributed by atoms with Crippen LogP contribution in [0, 0.1) is 6.92 Å². The summed E-state index contributed by atoms with van der Waals surface area (Å²) in [6, 6.07) is 6.64. The summed E-state index contributed by atoms with van der Waals surface area (Å²) in [7, 11) is 2.08. The first-order valence-corrected chi connectivity index (χ1v) is 6.21. The van der Waals surface area contributed by atoms with Gasteiger partial charge in [-0.2, -0.15) is 0 Å². The van der Waals surface area contributed by atoms with E-state index in [1.165, 1.54) is 5.56 Å². The van der Waals surface area contributed by atoms with E-state index in [9.17, 15) is 0 Å². The van der Waals surface area contributed by atoms with Crippen LogP contribution in [0.2, 0.25) is 0 Å². The lowest BCUT2D eigenvalue weighted by Crippen LogP contribution is -2.33. The number of thiocarbonyl (C=S) groups is 1. The standard InChI is InChI=1S/C13H18N2OS/c1-9-3-4-12(11(7-9)13(14)17)15(2)10-5-6-16-8-10/h3-4,7,10H,5-6,8H2,1-2H3,(H2,14,17). The van der Waals surface area contributed by atoms with Crippen LogP contribution in [-0.4, -0.2) is 31.3 Å². The molecule has 1 unspecified atom stereocenters. The van der Waals surface area contributed by atoms with Gasteiger partial charge in [-0.15, -0.1) is 0 Å². The van der Waals surface area contributed by atoms with Crippen LogP contribution in [0.3, 0.4) is 0 Å². The zero-order valence-electron chi connectivity index (χ0n) is 10.3. The van der Waals surface area contributed by atoms with E-state index in [0.29, 0.717) is 11.0 Å². The van der Waals surface area contributed by atoms with Crippen molar-refractivity contribution in [3.05, 3.63) is 29.3 Å². The van der Waals surface area contributed by atoms with E-state index in [4.69, 9.17) is 22.7 Å². The van der Waals surface area contributed by atoms with Gasteiger partial charge < -0.3 is 15.4 Å². The monoisotopic (exact) mass is 250 g/mol. The number of hydrogen-bond acceptors (Lipinski definition) is 3. The molecule has 0 aromatic heterocycles. The van der Waals surface area contributed by atoms with Gasteiger partial charge in [0.2, 0.25) is 0 Å². The fourth-order valence-corrected chi connectivity index (χ4v) is 2.34. The van der Waals surface area contributed by atoms with E-state index in [-0.39, 0.29) is 0 Å². The Bertz CT molecular complexity index is 427. The number of nitrogens with zero attached hydrogens (tertiary/aromatic N) is 1. The molecule has 4 heteroatoms. The molecule has 1 aromatic rings. The van der Waals surface area contributed by atoms with Crippen molar-refractivity contribution in [2.75, 3.05) is 25.2 Å². The minimum Gasteiger partial charge on any atom is -0.389 e. The second-order valence-electron chi connectivity index (χ2n) is 4.51. The van der Waals surface area contributed by atoms with Gasteiger partial charge in [0.25, 0.3) is 0 Å². The maximum atomic E-state index is 5.79. The number of aryl methyl sites for hydroxylation is 1. The fourth-order valence-electron chi connectivity index (χ4n) is 2.18. The molecule has 2 rings (SSSR count). The highest BCUT2D eigenvalue weighted by atomic mass is 32.1. The molecule has 0 aliphatic carbocycles. The van der Waals surface area contributed by atoms with Crippen LogP contribution < -0.4 is 10.6 Å². The summed E-state index contributed by atoms with van der Waals surface area (Å²) in [6.07, 6.45) is 1.06. The van der Waals surface area contributed by atoms with Gasteiger partial charge in [-0.25, -0.2) is 0 Å². The van der Waals surface area contributed by atoms with E-state index in [2.05, 4.69) is 24.1 Å². The van der Waals surface area contributed by atoms with Gasteiger partial charge in [0.05, 0.1) is 12.6 Å². The van der Waals surface area contributed by atoms with Crippen LogP contribution in [0.25, 0.3) is 0 Å². The zero-order valence-corrected chi connectivity index (χ0v) is 11.1. The summed E-state index contributed by atoms with van der Waals surface area (Å²) in [4.78, 5) is 2.68. The predicted molar refractivity (Wildman–Crippen MR) is 74.7 cm³/mol. The number of likely N-dealkylation sites (N-methyl/N-ethyl adjacent to an activating group) is 1. The van der Waals surface area contributed by atoms with Crippen LogP contribution in [-0.2, 0) is 4.74 Å². The number of anilines is 1. The lowest BCUT2D eigenvalue weighted by molar-refractivity contribution is 0.193. The van der Waals surface area contributed by atoms with Gasteiger partial charge >= 0.3 is 0 Å². The molecule has 1 atom stereocenters. The number of ether oxygens (including phenoxy) is 1. The summed E-state index contributed by atoms with van der Waals surface area (Å²) >= 11 is 5.12. The van der Waals surface area contributed by atoms with Crippen LogP contribution in [0.15, 0.2) is 18.2 Å². The Labute approximate surface area is 108 Å².